The van der Waals surface area contributed by atoms with Gasteiger partial charge in [0, 0.05) is 15.3 Å². The number of amides is 1. The summed E-state index contributed by atoms with van der Waals surface area (Å²) in [5.41, 5.74) is 0.872. The molecule has 0 saturated heterocycles. The summed E-state index contributed by atoms with van der Waals surface area (Å²) in [5.74, 6) is -0.340. The number of anilines is 2. The Hall–Kier alpha value is -2.16. The summed E-state index contributed by atoms with van der Waals surface area (Å²) in [5, 5.41) is 16.6. The second kappa shape index (κ2) is 7.21. The second-order valence-electron chi connectivity index (χ2n) is 4.64. The molecule has 6 nitrogen and oxygen atoms in total. The Kier molecular flexibility index (Phi) is 5.31. The summed E-state index contributed by atoms with van der Waals surface area (Å²) in [4.78, 5) is 22.6. The third-order valence-corrected chi connectivity index (χ3v) is 3.70. The molecule has 7 heteroatoms. The van der Waals surface area contributed by atoms with Crippen LogP contribution >= 0.6 is 22.6 Å². The SMILES string of the molecule is C[C@@H](Nc1ccc(I)cc1)C(=O)Nc1ccccc1[N+](=O)[O-]. The quantitative estimate of drug-likeness (QED) is 0.447. The number of hydrogen-bond donors (Lipinski definition) is 2. The molecule has 0 radical (unpaired) electrons. The van der Waals surface area contributed by atoms with E-state index in [1.807, 2.05) is 24.3 Å². The number of benzene rings is 2. The molecule has 2 aromatic rings. The molecule has 114 valence electrons. The fourth-order valence-corrected chi connectivity index (χ4v) is 2.20. The molecule has 2 aromatic carbocycles. The Morgan fingerprint density at radius 3 is 2.45 bits per heavy atom. The lowest BCUT2D eigenvalue weighted by molar-refractivity contribution is -0.383. The lowest BCUT2D eigenvalue weighted by atomic mass is 10.2. The van der Waals surface area contributed by atoms with E-state index in [1.165, 1.54) is 12.1 Å². The molecule has 0 heterocycles. The second-order valence-corrected chi connectivity index (χ2v) is 5.88. The van der Waals surface area contributed by atoms with E-state index in [-0.39, 0.29) is 17.3 Å². The normalized spacial score (nSPS) is 11.5. The van der Waals surface area contributed by atoms with Gasteiger partial charge < -0.3 is 10.6 Å². The molecule has 0 bridgehead atoms. The molecular formula is C15H14IN3O3. The van der Waals surface area contributed by atoms with Crippen LogP contribution < -0.4 is 10.6 Å². The summed E-state index contributed by atoms with van der Waals surface area (Å²) in [6, 6.07) is 13.1. The molecule has 0 aromatic heterocycles. The Bertz CT molecular complexity index is 689. The zero-order chi connectivity index (χ0) is 16.1. The van der Waals surface area contributed by atoms with Crippen molar-refractivity contribution in [3.8, 4) is 0 Å². The fourth-order valence-electron chi connectivity index (χ4n) is 1.84. The van der Waals surface area contributed by atoms with E-state index < -0.39 is 11.0 Å². The van der Waals surface area contributed by atoms with Crippen LogP contribution in [-0.2, 0) is 4.79 Å². The summed E-state index contributed by atoms with van der Waals surface area (Å²) < 4.78 is 1.10. The standard InChI is InChI=1S/C15H14IN3O3/c1-10(17-12-8-6-11(16)7-9-12)15(20)18-13-4-2-3-5-14(13)19(21)22/h2-10,17H,1H3,(H,18,20)/t10-/m1/s1. The van der Waals surface area contributed by atoms with Gasteiger partial charge in [-0.2, -0.15) is 0 Å². The van der Waals surface area contributed by atoms with Gasteiger partial charge in [0.25, 0.3) is 5.69 Å². The maximum Gasteiger partial charge on any atom is 0.292 e. The molecule has 22 heavy (non-hydrogen) atoms. The summed E-state index contributed by atoms with van der Waals surface area (Å²) in [6.45, 7) is 1.70. The average molecular weight is 411 g/mol. The van der Waals surface area contributed by atoms with Crippen LogP contribution in [-0.4, -0.2) is 16.9 Å². The summed E-state index contributed by atoms with van der Waals surface area (Å²) in [7, 11) is 0. The molecular weight excluding hydrogens is 397 g/mol. The Morgan fingerprint density at radius 1 is 1.18 bits per heavy atom. The monoisotopic (exact) mass is 411 g/mol. The molecule has 0 spiro atoms. The molecule has 0 fully saturated rings. The highest BCUT2D eigenvalue weighted by Crippen LogP contribution is 2.23. The number of carbonyl (C=O) groups is 1. The number of rotatable bonds is 5. The Labute approximate surface area is 141 Å². The van der Waals surface area contributed by atoms with Gasteiger partial charge in [-0.15, -0.1) is 0 Å². The van der Waals surface area contributed by atoms with Crippen LogP contribution in [0.5, 0.6) is 0 Å². The van der Waals surface area contributed by atoms with Gasteiger partial charge in [0.05, 0.1) is 4.92 Å². The lowest BCUT2D eigenvalue weighted by Gasteiger charge is -2.15. The Balaban J connectivity index is 2.05. The van der Waals surface area contributed by atoms with Crippen molar-refractivity contribution in [3.05, 3.63) is 62.2 Å². The van der Waals surface area contributed by atoms with Crippen molar-refractivity contribution < 1.29 is 9.72 Å². The molecule has 0 unspecified atom stereocenters. The lowest BCUT2D eigenvalue weighted by Crippen LogP contribution is -2.32. The van der Waals surface area contributed by atoms with Gasteiger partial charge >= 0.3 is 0 Å². The first-order valence-electron chi connectivity index (χ1n) is 6.54. The number of nitrogens with one attached hydrogen (secondary N) is 2. The van der Waals surface area contributed by atoms with E-state index in [2.05, 4.69) is 33.2 Å². The Morgan fingerprint density at radius 2 is 1.82 bits per heavy atom. The van der Waals surface area contributed by atoms with Gasteiger partial charge in [0.15, 0.2) is 0 Å². The number of hydrogen-bond acceptors (Lipinski definition) is 4. The molecule has 0 saturated carbocycles. The molecule has 2 N–H and O–H groups in total. The third-order valence-electron chi connectivity index (χ3n) is 2.98. The van der Waals surface area contributed by atoms with Crippen molar-refractivity contribution in [1.29, 1.82) is 0 Å². The summed E-state index contributed by atoms with van der Waals surface area (Å²) >= 11 is 2.20. The highest BCUT2D eigenvalue weighted by atomic mass is 127. The maximum atomic E-state index is 12.2. The van der Waals surface area contributed by atoms with E-state index in [1.54, 1.807) is 19.1 Å². The number of nitrogens with zero attached hydrogens (tertiary/aromatic N) is 1. The van der Waals surface area contributed by atoms with Crippen LogP contribution in [0.1, 0.15) is 6.92 Å². The predicted octanol–water partition coefficient (Wildman–Crippen LogP) is 3.64. The van der Waals surface area contributed by atoms with Crippen LogP contribution in [0.25, 0.3) is 0 Å². The zero-order valence-corrected chi connectivity index (χ0v) is 13.9. The summed E-state index contributed by atoms with van der Waals surface area (Å²) in [6.07, 6.45) is 0. The number of halogens is 1. The van der Waals surface area contributed by atoms with Crippen LogP contribution in [0.4, 0.5) is 17.1 Å². The number of carbonyl (C=O) groups excluding carboxylic acids is 1. The van der Waals surface area contributed by atoms with Crippen molar-refractivity contribution in [1.82, 2.24) is 0 Å². The number of nitro groups is 1. The predicted molar refractivity (Wildman–Crippen MR) is 94.0 cm³/mol. The first kappa shape index (κ1) is 16.2. The maximum absolute atomic E-state index is 12.2. The van der Waals surface area contributed by atoms with Crippen molar-refractivity contribution in [2.75, 3.05) is 10.6 Å². The van der Waals surface area contributed by atoms with Crippen molar-refractivity contribution in [2.24, 2.45) is 0 Å². The van der Waals surface area contributed by atoms with Crippen LogP contribution in [0.15, 0.2) is 48.5 Å². The van der Waals surface area contributed by atoms with Gasteiger partial charge in [-0.3, -0.25) is 14.9 Å². The van der Waals surface area contributed by atoms with Crippen LogP contribution in [0.3, 0.4) is 0 Å². The van der Waals surface area contributed by atoms with Gasteiger partial charge in [-0.05, 0) is 59.8 Å². The smallest absolute Gasteiger partial charge is 0.292 e. The van der Waals surface area contributed by atoms with Gasteiger partial charge in [-0.25, -0.2) is 0 Å². The van der Waals surface area contributed by atoms with Gasteiger partial charge in [0.2, 0.25) is 5.91 Å². The molecule has 0 aliphatic heterocycles. The first-order valence-corrected chi connectivity index (χ1v) is 7.61. The minimum absolute atomic E-state index is 0.127. The average Bonchev–Trinajstić information content (AvgIpc) is 2.49. The number of para-hydroxylation sites is 2. The molecule has 0 aliphatic carbocycles. The molecule has 1 amide bonds. The van der Waals surface area contributed by atoms with Crippen molar-refractivity contribution in [2.45, 2.75) is 13.0 Å². The third kappa shape index (κ3) is 4.17. The van der Waals surface area contributed by atoms with Gasteiger partial charge in [-0.1, -0.05) is 12.1 Å². The van der Waals surface area contributed by atoms with E-state index in [4.69, 9.17) is 0 Å². The zero-order valence-electron chi connectivity index (χ0n) is 11.7. The topological polar surface area (TPSA) is 84.3 Å². The largest absolute Gasteiger partial charge is 0.374 e. The molecule has 1 atom stereocenters. The van der Waals surface area contributed by atoms with E-state index in [0.717, 1.165) is 9.26 Å². The van der Waals surface area contributed by atoms with Crippen LogP contribution in [0.2, 0.25) is 0 Å². The fraction of sp³-hybridized carbons (Fsp3) is 0.133. The minimum Gasteiger partial charge on any atom is -0.374 e. The molecule has 0 aliphatic rings. The van der Waals surface area contributed by atoms with Crippen LogP contribution in [0, 0.1) is 13.7 Å². The number of nitro benzene ring substituents is 1. The van der Waals surface area contributed by atoms with Gasteiger partial charge in [0.1, 0.15) is 11.7 Å². The highest BCUT2D eigenvalue weighted by molar-refractivity contribution is 14.1. The first-order chi connectivity index (χ1) is 10.5. The van der Waals surface area contributed by atoms with Crippen molar-refractivity contribution >= 4 is 45.6 Å². The van der Waals surface area contributed by atoms with Crippen molar-refractivity contribution in [3.63, 3.8) is 0 Å². The minimum atomic E-state index is -0.528. The van der Waals surface area contributed by atoms with E-state index in [9.17, 15) is 14.9 Å². The highest BCUT2D eigenvalue weighted by Gasteiger charge is 2.18. The molecule has 2 rings (SSSR count). The van der Waals surface area contributed by atoms with E-state index >= 15 is 0 Å². The van der Waals surface area contributed by atoms with E-state index in [0.29, 0.717) is 0 Å².